The van der Waals surface area contributed by atoms with E-state index in [9.17, 15) is 30.0 Å². The molecule has 0 spiro atoms. The molecule has 1 fully saturated rings. The average Bonchev–Trinajstić information content (AvgIpc) is 2.75. The predicted octanol–water partition coefficient (Wildman–Crippen LogP) is 0.682. The van der Waals surface area contributed by atoms with Gasteiger partial charge in [0.15, 0.2) is 0 Å². The molecule has 0 aliphatic carbocycles. The van der Waals surface area contributed by atoms with Crippen molar-refractivity contribution in [2.75, 3.05) is 0 Å². The largest absolute Gasteiger partial charge is 0.517 e. The number of Topliss-reactive ketones (excluding diaryl/α,β-unsaturated/α-hetero) is 1. The molecule has 1 rings (SSSR count). The molecule has 1 aliphatic heterocycles. The summed E-state index contributed by atoms with van der Waals surface area (Å²) in [6, 6.07) is 0. The summed E-state index contributed by atoms with van der Waals surface area (Å²) in [6.07, 6.45) is 0.219. The Labute approximate surface area is 150 Å². The number of rotatable bonds is 8. The van der Waals surface area contributed by atoms with Gasteiger partial charge in [-0.05, 0) is 25.8 Å². The molecule has 150 valence electrons. The molecule has 10 heteroatoms. The maximum Gasteiger partial charge on any atom is 0.517 e. The maximum atomic E-state index is 11.8. The molecule has 1 heterocycles. The van der Waals surface area contributed by atoms with Crippen LogP contribution in [-0.2, 0) is 24.0 Å². The number of aliphatic hydroxyl groups is 4. The van der Waals surface area contributed by atoms with Crippen LogP contribution in [0.5, 0.6) is 0 Å². The van der Waals surface area contributed by atoms with Gasteiger partial charge in [0.05, 0.1) is 5.92 Å². The molecule has 0 aromatic heterocycles. The fourth-order valence-corrected chi connectivity index (χ4v) is 2.50. The number of ether oxygens (including phenoxy) is 2. The molecule has 0 bridgehead atoms. The molecule has 0 aromatic rings. The molecule has 3 atom stereocenters. The van der Waals surface area contributed by atoms with Crippen molar-refractivity contribution in [2.45, 2.75) is 64.5 Å². The number of carbonyl (C=O) groups excluding carboxylic acids is 2. The van der Waals surface area contributed by atoms with E-state index in [1.807, 2.05) is 13.8 Å². The van der Waals surface area contributed by atoms with Crippen molar-refractivity contribution >= 4 is 11.9 Å². The molecule has 0 saturated carbocycles. The molecule has 1 aliphatic rings. The first-order valence-electron chi connectivity index (χ1n) is 8.17. The highest BCUT2D eigenvalue weighted by atomic mass is 17.2. The first kappa shape index (κ1) is 22.3. The molecular formula is C16H26O10. The van der Waals surface area contributed by atoms with Gasteiger partial charge in [-0.3, -0.25) is 4.79 Å². The summed E-state index contributed by atoms with van der Waals surface area (Å²) in [7, 11) is 0. The van der Waals surface area contributed by atoms with E-state index in [1.165, 1.54) is 6.92 Å². The van der Waals surface area contributed by atoms with Crippen molar-refractivity contribution in [3.05, 3.63) is 12.3 Å². The van der Waals surface area contributed by atoms with Crippen LogP contribution >= 0.6 is 0 Å². The Kier molecular flexibility index (Phi) is 6.77. The van der Waals surface area contributed by atoms with Gasteiger partial charge in [0.1, 0.15) is 0 Å². The third kappa shape index (κ3) is 4.71. The highest BCUT2D eigenvalue weighted by Gasteiger charge is 2.64. The van der Waals surface area contributed by atoms with Gasteiger partial charge in [-0.25, -0.2) is 4.79 Å². The molecular weight excluding hydrogens is 352 g/mol. The van der Waals surface area contributed by atoms with E-state index >= 15 is 0 Å². The summed E-state index contributed by atoms with van der Waals surface area (Å²) in [5.41, 5.74) is -2.53. The van der Waals surface area contributed by atoms with Gasteiger partial charge in [0, 0.05) is 0 Å². The second-order valence-electron chi connectivity index (χ2n) is 6.70. The van der Waals surface area contributed by atoms with Gasteiger partial charge in [0.25, 0.3) is 5.60 Å². The summed E-state index contributed by atoms with van der Waals surface area (Å²) in [6.45, 7) is 9.37. The fourth-order valence-electron chi connectivity index (χ4n) is 2.50. The number of hydrogen-bond acceptors (Lipinski definition) is 10. The van der Waals surface area contributed by atoms with E-state index < -0.39 is 41.2 Å². The van der Waals surface area contributed by atoms with Crippen molar-refractivity contribution in [3.8, 4) is 0 Å². The Morgan fingerprint density at radius 3 is 2.31 bits per heavy atom. The monoisotopic (exact) mass is 378 g/mol. The summed E-state index contributed by atoms with van der Waals surface area (Å²) in [5, 5.41) is 39.6. The standard InChI is InChI=1S/C16H26O10/c1-6-7-9(2)8-10(3)15(19,20)23-13(18)24-16(21,22)14(5)12(17)11(4)25-26-14/h9-10,19-22H,4,6-8H2,1-3,5H3. The lowest BCUT2D eigenvalue weighted by molar-refractivity contribution is -0.435. The van der Waals surface area contributed by atoms with Crippen LogP contribution < -0.4 is 0 Å². The maximum absolute atomic E-state index is 11.8. The van der Waals surface area contributed by atoms with Gasteiger partial charge in [-0.1, -0.05) is 33.6 Å². The van der Waals surface area contributed by atoms with E-state index in [-0.39, 0.29) is 5.92 Å². The van der Waals surface area contributed by atoms with E-state index in [4.69, 9.17) is 0 Å². The zero-order valence-corrected chi connectivity index (χ0v) is 15.2. The number of carbonyl (C=O) groups is 2. The van der Waals surface area contributed by atoms with Crippen LogP contribution in [0.2, 0.25) is 0 Å². The van der Waals surface area contributed by atoms with Crippen LogP contribution in [0.4, 0.5) is 4.79 Å². The van der Waals surface area contributed by atoms with Crippen molar-refractivity contribution in [1.29, 1.82) is 0 Å². The Balaban J connectivity index is 2.75. The first-order chi connectivity index (χ1) is 11.8. The van der Waals surface area contributed by atoms with Crippen LogP contribution in [0.15, 0.2) is 12.3 Å². The van der Waals surface area contributed by atoms with Gasteiger partial charge < -0.3 is 34.8 Å². The van der Waals surface area contributed by atoms with Gasteiger partial charge in [-0.2, -0.15) is 4.89 Å². The Morgan fingerprint density at radius 2 is 1.85 bits per heavy atom. The lowest BCUT2D eigenvalue weighted by Crippen LogP contribution is -2.59. The zero-order valence-electron chi connectivity index (χ0n) is 15.2. The summed E-state index contributed by atoms with van der Waals surface area (Å²) in [5.74, 6) is -8.82. The minimum atomic E-state index is -3.52. The zero-order chi connectivity index (χ0) is 20.3. The second kappa shape index (κ2) is 7.89. The molecule has 1 saturated heterocycles. The summed E-state index contributed by atoms with van der Waals surface area (Å²) < 4.78 is 8.63. The van der Waals surface area contributed by atoms with Crippen molar-refractivity contribution < 1.29 is 49.3 Å². The topological polar surface area (TPSA) is 152 Å². The number of ketones is 1. The molecule has 0 amide bonds. The third-order valence-electron chi connectivity index (χ3n) is 4.26. The minimum absolute atomic E-state index is 0.134. The van der Waals surface area contributed by atoms with Crippen LogP contribution in [0.25, 0.3) is 0 Å². The van der Waals surface area contributed by atoms with Crippen molar-refractivity contribution in [1.82, 2.24) is 0 Å². The van der Waals surface area contributed by atoms with Crippen molar-refractivity contribution in [3.63, 3.8) is 0 Å². The van der Waals surface area contributed by atoms with E-state index in [0.717, 1.165) is 19.8 Å². The molecule has 0 radical (unpaired) electrons. The molecule has 4 N–H and O–H groups in total. The predicted molar refractivity (Wildman–Crippen MR) is 84.5 cm³/mol. The normalized spacial score (nSPS) is 23.4. The molecule has 3 unspecified atom stereocenters. The Morgan fingerprint density at radius 1 is 1.27 bits per heavy atom. The lowest BCUT2D eigenvalue weighted by Gasteiger charge is -2.33. The summed E-state index contributed by atoms with van der Waals surface area (Å²) in [4.78, 5) is 32.4. The van der Waals surface area contributed by atoms with E-state index in [2.05, 4.69) is 25.8 Å². The van der Waals surface area contributed by atoms with Crippen LogP contribution in [0.3, 0.4) is 0 Å². The molecule has 10 nitrogen and oxygen atoms in total. The van der Waals surface area contributed by atoms with Gasteiger partial charge in [-0.15, -0.1) is 0 Å². The second-order valence-corrected chi connectivity index (χ2v) is 6.70. The number of hydrogen-bond donors (Lipinski definition) is 4. The van der Waals surface area contributed by atoms with Gasteiger partial charge in [0.2, 0.25) is 11.5 Å². The van der Waals surface area contributed by atoms with Crippen LogP contribution in [-0.4, -0.2) is 49.9 Å². The van der Waals surface area contributed by atoms with E-state index in [0.29, 0.717) is 6.42 Å². The smallest absolute Gasteiger partial charge is 0.376 e. The fraction of sp³-hybridized carbons (Fsp3) is 0.750. The van der Waals surface area contributed by atoms with E-state index in [1.54, 1.807) is 0 Å². The average molecular weight is 378 g/mol. The SMILES string of the molecule is C=C1OOC(C)(C(O)(O)OC(=O)OC(O)(O)C(C)CC(C)CCC)C1=O. The first-order valence-corrected chi connectivity index (χ1v) is 8.17. The highest BCUT2D eigenvalue weighted by molar-refractivity contribution is 6.01. The highest BCUT2D eigenvalue weighted by Crippen LogP contribution is 2.36. The van der Waals surface area contributed by atoms with Gasteiger partial charge >= 0.3 is 18.1 Å². The van der Waals surface area contributed by atoms with Crippen molar-refractivity contribution in [2.24, 2.45) is 11.8 Å². The Hall–Kier alpha value is -1.72. The summed E-state index contributed by atoms with van der Waals surface area (Å²) >= 11 is 0. The van der Waals surface area contributed by atoms with Crippen LogP contribution in [0, 0.1) is 11.8 Å². The quantitative estimate of drug-likeness (QED) is 0.205. The molecule has 26 heavy (non-hydrogen) atoms. The Bertz CT molecular complexity index is 555. The molecule has 0 aromatic carbocycles. The van der Waals surface area contributed by atoms with Crippen LogP contribution in [0.1, 0.15) is 47.0 Å². The lowest BCUT2D eigenvalue weighted by atomic mass is 9.92. The minimum Gasteiger partial charge on any atom is -0.376 e. The third-order valence-corrected chi connectivity index (χ3v) is 4.26.